The predicted molar refractivity (Wildman–Crippen MR) is 117 cm³/mol. The van der Waals surface area contributed by atoms with Gasteiger partial charge in [0.2, 0.25) is 10.0 Å². The first-order valence-electron chi connectivity index (χ1n) is 10.0. The van der Waals surface area contributed by atoms with E-state index >= 15 is 0 Å². The number of para-hydroxylation sites is 1. The monoisotopic (exact) mass is 455 g/mol. The summed E-state index contributed by atoms with van der Waals surface area (Å²) < 4.78 is 33.4. The molecule has 0 saturated heterocycles. The van der Waals surface area contributed by atoms with Gasteiger partial charge in [0.05, 0.1) is 22.5 Å². The van der Waals surface area contributed by atoms with E-state index in [1.54, 1.807) is 13.0 Å². The zero-order valence-corrected chi connectivity index (χ0v) is 18.0. The van der Waals surface area contributed by atoms with E-state index in [4.69, 9.17) is 4.74 Å². The lowest BCUT2D eigenvalue weighted by Crippen LogP contribution is -2.40. The highest BCUT2D eigenvalue weighted by Crippen LogP contribution is 2.36. The maximum atomic E-state index is 13.6. The zero-order valence-electron chi connectivity index (χ0n) is 17.2. The first kappa shape index (κ1) is 21.7. The Balaban J connectivity index is 1.76. The molecule has 0 radical (unpaired) electrons. The number of nitrogens with zero attached hydrogens (tertiary/aromatic N) is 2. The van der Waals surface area contributed by atoms with Crippen LogP contribution in [0.2, 0.25) is 0 Å². The third-order valence-electron chi connectivity index (χ3n) is 5.36. The van der Waals surface area contributed by atoms with Gasteiger partial charge < -0.3 is 9.72 Å². The van der Waals surface area contributed by atoms with E-state index in [1.165, 1.54) is 16.4 Å². The Labute approximate surface area is 184 Å². The van der Waals surface area contributed by atoms with Crippen molar-refractivity contribution < 1.29 is 22.9 Å². The van der Waals surface area contributed by atoms with E-state index in [1.807, 2.05) is 30.3 Å². The Kier molecular flexibility index (Phi) is 5.81. The van der Waals surface area contributed by atoms with Gasteiger partial charge in [-0.15, -0.1) is 0 Å². The number of nitrogens with one attached hydrogen (secondary N) is 1. The minimum atomic E-state index is -4.08. The molecular weight excluding hydrogens is 434 g/mol. The molecule has 1 N–H and O–H groups in total. The van der Waals surface area contributed by atoms with Crippen LogP contribution in [0.1, 0.15) is 25.1 Å². The average molecular weight is 455 g/mol. The summed E-state index contributed by atoms with van der Waals surface area (Å²) in [4.78, 5) is 25.9. The number of hydrogen-bond donors (Lipinski definition) is 1. The number of fused-ring (bicyclic) bond motifs is 1. The second kappa shape index (κ2) is 8.56. The lowest BCUT2D eigenvalue weighted by Gasteiger charge is -2.33. The Morgan fingerprint density at radius 3 is 2.59 bits per heavy atom. The van der Waals surface area contributed by atoms with Crippen LogP contribution in [-0.2, 0) is 19.6 Å². The quantitative estimate of drug-likeness (QED) is 0.343. The highest BCUT2D eigenvalue weighted by Gasteiger charge is 2.37. The van der Waals surface area contributed by atoms with Crippen molar-refractivity contribution in [1.82, 2.24) is 9.29 Å². The number of non-ortho nitro benzene ring substituents is 1. The van der Waals surface area contributed by atoms with Crippen LogP contribution in [0, 0.1) is 10.1 Å². The highest BCUT2D eigenvalue weighted by molar-refractivity contribution is 7.89. The molecule has 32 heavy (non-hydrogen) atoms. The zero-order chi connectivity index (χ0) is 22.9. The molecule has 0 bridgehead atoms. The fourth-order valence-corrected chi connectivity index (χ4v) is 5.37. The number of hydrogen-bond acceptors (Lipinski definition) is 6. The van der Waals surface area contributed by atoms with Crippen molar-refractivity contribution in [3.05, 3.63) is 82.1 Å². The number of ether oxygens (including phenoxy) is 1. The molecule has 9 nitrogen and oxygen atoms in total. The summed E-state index contributed by atoms with van der Waals surface area (Å²) in [5.41, 5.74) is 1.61. The van der Waals surface area contributed by atoms with E-state index in [-0.39, 0.29) is 35.7 Å². The van der Waals surface area contributed by atoms with Crippen molar-refractivity contribution in [3.8, 4) is 0 Å². The molecule has 1 unspecified atom stereocenters. The van der Waals surface area contributed by atoms with E-state index in [0.717, 1.165) is 23.0 Å². The Hall–Kier alpha value is -3.50. The lowest BCUT2D eigenvalue weighted by atomic mass is 10.0. The molecule has 2 heterocycles. The number of benzene rings is 2. The topological polar surface area (TPSA) is 123 Å². The molecule has 2 aromatic carbocycles. The number of H-pyrrole nitrogens is 1. The molecule has 0 spiro atoms. The fourth-order valence-electron chi connectivity index (χ4n) is 3.77. The second-order valence-corrected chi connectivity index (χ2v) is 9.21. The van der Waals surface area contributed by atoms with Crippen molar-refractivity contribution in [2.75, 3.05) is 13.2 Å². The van der Waals surface area contributed by atoms with Crippen LogP contribution in [0.3, 0.4) is 0 Å². The molecule has 0 aliphatic carbocycles. The van der Waals surface area contributed by atoms with Gasteiger partial charge in [0, 0.05) is 35.5 Å². The summed E-state index contributed by atoms with van der Waals surface area (Å²) in [5.74, 6) is -0.563. The normalized spacial score (nSPS) is 17.2. The molecule has 1 aliphatic heterocycles. The van der Waals surface area contributed by atoms with Gasteiger partial charge in [-0.25, -0.2) is 13.2 Å². The number of sulfonamides is 1. The van der Waals surface area contributed by atoms with Crippen LogP contribution in [0.25, 0.3) is 10.9 Å². The van der Waals surface area contributed by atoms with Crippen LogP contribution >= 0.6 is 0 Å². The van der Waals surface area contributed by atoms with Crippen LogP contribution in [0.15, 0.2) is 71.1 Å². The van der Waals surface area contributed by atoms with Gasteiger partial charge in [0.1, 0.15) is 0 Å². The van der Waals surface area contributed by atoms with Crippen LogP contribution in [0.5, 0.6) is 0 Å². The lowest BCUT2D eigenvalue weighted by molar-refractivity contribution is -0.384. The first-order chi connectivity index (χ1) is 15.3. The van der Waals surface area contributed by atoms with Crippen molar-refractivity contribution in [2.45, 2.75) is 24.3 Å². The standard InChI is InChI=1S/C22H21N3O6S/c1-2-31-22(26)16-7-12-21(20-13-15-5-3-4-6-19(15)23-20)24(14-16)32(29,30)18-10-8-17(9-11-18)25(27)28/h3-11,13,21,23H,2,12,14H2,1H3. The Morgan fingerprint density at radius 1 is 1.22 bits per heavy atom. The van der Waals surface area contributed by atoms with Crippen LogP contribution in [-0.4, -0.2) is 41.8 Å². The van der Waals surface area contributed by atoms with Crippen molar-refractivity contribution in [1.29, 1.82) is 0 Å². The molecular formula is C22H21N3O6S. The molecule has 166 valence electrons. The largest absolute Gasteiger partial charge is 0.463 e. The SMILES string of the molecule is CCOC(=O)C1=CCC(c2cc3ccccc3[nH]2)N(S(=O)(=O)c2ccc([N+](=O)[O-])cc2)C1. The molecule has 1 aromatic heterocycles. The minimum absolute atomic E-state index is 0.0886. The van der Waals surface area contributed by atoms with Gasteiger partial charge in [0.15, 0.2) is 0 Å². The van der Waals surface area contributed by atoms with Crippen molar-refractivity contribution in [2.24, 2.45) is 0 Å². The number of aromatic amines is 1. The molecule has 0 amide bonds. The van der Waals surface area contributed by atoms with E-state index < -0.39 is 27.0 Å². The van der Waals surface area contributed by atoms with Gasteiger partial charge in [-0.05, 0) is 43.0 Å². The molecule has 0 saturated carbocycles. The van der Waals surface area contributed by atoms with Crippen LogP contribution < -0.4 is 0 Å². The summed E-state index contributed by atoms with van der Waals surface area (Å²) in [7, 11) is -4.08. The molecule has 3 aromatic rings. The molecule has 4 rings (SSSR count). The summed E-state index contributed by atoms with van der Waals surface area (Å²) in [6.07, 6.45) is 1.98. The smallest absolute Gasteiger partial charge is 0.335 e. The van der Waals surface area contributed by atoms with E-state index in [9.17, 15) is 23.3 Å². The summed E-state index contributed by atoms with van der Waals surface area (Å²) in [6, 6.07) is 13.6. The number of esters is 1. The number of nitro benzene ring substituents is 1. The van der Waals surface area contributed by atoms with Gasteiger partial charge in [-0.3, -0.25) is 10.1 Å². The predicted octanol–water partition coefficient (Wildman–Crippen LogP) is 3.70. The maximum Gasteiger partial charge on any atom is 0.335 e. The fraction of sp³-hybridized carbons (Fsp3) is 0.227. The van der Waals surface area contributed by atoms with Crippen molar-refractivity contribution in [3.63, 3.8) is 0 Å². The van der Waals surface area contributed by atoms with Gasteiger partial charge >= 0.3 is 5.97 Å². The van der Waals surface area contributed by atoms with Gasteiger partial charge in [-0.1, -0.05) is 24.3 Å². The van der Waals surface area contributed by atoms with Crippen molar-refractivity contribution >= 4 is 32.6 Å². The summed E-state index contributed by atoms with van der Waals surface area (Å²) in [6.45, 7) is 1.69. The average Bonchev–Trinajstić information content (AvgIpc) is 3.23. The molecule has 10 heteroatoms. The summed E-state index contributed by atoms with van der Waals surface area (Å²) in [5, 5.41) is 11.9. The van der Waals surface area contributed by atoms with Crippen LogP contribution in [0.4, 0.5) is 5.69 Å². The third-order valence-corrected chi connectivity index (χ3v) is 7.23. The number of nitro groups is 1. The van der Waals surface area contributed by atoms with Gasteiger partial charge in [0.25, 0.3) is 5.69 Å². The number of rotatable bonds is 6. The molecule has 1 atom stereocenters. The molecule has 0 fully saturated rings. The first-order valence-corrected chi connectivity index (χ1v) is 11.5. The maximum absolute atomic E-state index is 13.6. The number of aromatic nitrogens is 1. The van der Waals surface area contributed by atoms with E-state index in [0.29, 0.717) is 5.69 Å². The third kappa shape index (κ3) is 4.02. The number of carbonyl (C=O) groups is 1. The Bertz CT molecular complexity index is 1280. The highest BCUT2D eigenvalue weighted by atomic mass is 32.2. The Morgan fingerprint density at radius 2 is 1.94 bits per heavy atom. The second-order valence-electron chi connectivity index (χ2n) is 7.31. The summed E-state index contributed by atoms with van der Waals surface area (Å²) >= 11 is 0. The minimum Gasteiger partial charge on any atom is -0.463 e. The molecule has 1 aliphatic rings. The number of carbonyl (C=O) groups excluding carboxylic acids is 1. The van der Waals surface area contributed by atoms with Gasteiger partial charge in [-0.2, -0.15) is 4.31 Å². The van der Waals surface area contributed by atoms with E-state index in [2.05, 4.69) is 4.98 Å².